The van der Waals surface area contributed by atoms with Crippen LogP contribution in [0.2, 0.25) is 10.0 Å². The third-order valence-corrected chi connectivity index (χ3v) is 5.32. The average Bonchev–Trinajstić information content (AvgIpc) is 2.49. The first-order valence-electron chi connectivity index (χ1n) is 6.70. The Labute approximate surface area is 147 Å². The Morgan fingerprint density at radius 3 is 2.42 bits per heavy atom. The Morgan fingerprint density at radius 1 is 1.04 bits per heavy atom. The summed E-state index contributed by atoms with van der Waals surface area (Å²) >= 11 is 11.6. The van der Waals surface area contributed by atoms with Crippen molar-refractivity contribution in [3.05, 3.63) is 63.6 Å². The molecule has 2 aromatic rings. The van der Waals surface area contributed by atoms with Crippen molar-refractivity contribution in [2.24, 2.45) is 0 Å². The number of halogens is 5. The molecule has 24 heavy (non-hydrogen) atoms. The molecule has 0 spiro atoms. The molecule has 0 bridgehead atoms. The molecule has 0 unspecified atom stereocenters. The van der Waals surface area contributed by atoms with Crippen molar-refractivity contribution >= 4 is 33.2 Å². The first-order valence-corrected chi connectivity index (χ1v) is 8.94. The SMILES string of the molecule is O=S(=O)(NCCc1cccc(C(F)(F)F)c1)c1cc(Cl)ccc1Cl. The minimum atomic E-state index is -4.44. The number of hydrogen-bond donors (Lipinski definition) is 1. The van der Waals surface area contributed by atoms with E-state index in [9.17, 15) is 21.6 Å². The predicted molar refractivity (Wildman–Crippen MR) is 86.8 cm³/mol. The summed E-state index contributed by atoms with van der Waals surface area (Å²) in [6.07, 6.45) is -4.34. The van der Waals surface area contributed by atoms with Gasteiger partial charge in [0.15, 0.2) is 0 Å². The van der Waals surface area contributed by atoms with Crippen LogP contribution in [0.3, 0.4) is 0 Å². The molecule has 0 saturated heterocycles. The molecule has 3 nitrogen and oxygen atoms in total. The maximum absolute atomic E-state index is 12.6. The normalized spacial score (nSPS) is 12.4. The molecule has 0 aliphatic carbocycles. The third-order valence-electron chi connectivity index (χ3n) is 3.14. The highest BCUT2D eigenvalue weighted by atomic mass is 35.5. The second kappa shape index (κ2) is 7.31. The quantitative estimate of drug-likeness (QED) is 0.805. The molecule has 9 heteroatoms. The van der Waals surface area contributed by atoms with Crippen LogP contribution in [0.4, 0.5) is 13.2 Å². The molecule has 0 radical (unpaired) electrons. The highest BCUT2D eigenvalue weighted by Gasteiger charge is 2.30. The largest absolute Gasteiger partial charge is 0.416 e. The van der Waals surface area contributed by atoms with Crippen molar-refractivity contribution < 1.29 is 21.6 Å². The molecule has 0 atom stereocenters. The molecule has 0 aliphatic rings. The number of nitrogens with one attached hydrogen (secondary N) is 1. The van der Waals surface area contributed by atoms with E-state index in [2.05, 4.69) is 4.72 Å². The van der Waals surface area contributed by atoms with Crippen LogP contribution in [0.1, 0.15) is 11.1 Å². The lowest BCUT2D eigenvalue weighted by Gasteiger charge is -2.10. The van der Waals surface area contributed by atoms with Crippen LogP contribution in [-0.4, -0.2) is 15.0 Å². The summed E-state index contributed by atoms with van der Waals surface area (Å²) in [4.78, 5) is -0.180. The molecule has 0 amide bonds. The summed E-state index contributed by atoms with van der Waals surface area (Å²) in [7, 11) is -3.91. The van der Waals surface area contributed by atoms with Crippen molar-refractivity contribution in [3.63, 3.8) is 0 Å². The monoisotopic (exact) mass is 397 g/mol. The predicted octanol–water partition coefficient (Wildman–Crippen LogP) is 4.53. The van der Waals surface area contributed by atoms with Gasteiger partial charge in [-0.05, 0) is 36.2 Å². The second-order valence-electron chi connectivity index (χ2n) is 4.92. The number of benzene rings is 2. The van der Waals surface area contributed by atoms with E-state index in [1.807, 2.05) is 0 Å². The molecule has 2 rings (SSSR count). The Bertz CT molecular complexity index is 839. The van der Waals surface area contributed by atoms with Crippen molar-refractivity contribution in [1.29, 1.82) is 0 Å². The number of sulfonamides is 1. The Kier molecular flexibility index (Phi) is 5.80. The fourth-order valence-electron chi connectivity index (χ4n) is 1.99. The summed E-state index contributed by atoms with van der Waals surface area (Å²) in [5.41, 5.74) is -0.412. The summed E-state index contributed by atoms with van der Waals surface area (Å²) in [5, 5.41) is 0.212. The van der Waals surface area contributed by atoms with Crippen LogP contribution in [0, 0.1) is 0 Å². The van der Waals surface area contributed by atoms with Gasteiger partial charge >= 0.3 is 6.18 Å². The molecular formula is C15H12Cl2F3NO2S. The summed E-state index contributed by atoms with van der Waals surface area (Å²) in [6, 6.07) is 8.73. The van der Waals surface area contributed by atoms with Crippen molar-refractivity contribution in [3.8, 4) is 0 Å². The Morgan fingerprint density at radius 2 is 1.75 bits per heavy atom. The van der Waals surface area contributed by atoms with Gasteiger partial charge in [0.1, 0.15) is 4.90 Å². The van der Waals surface area contributed by atoms with Crippen LogP contribution < -0.4 is 4.72 Å². The molecule has 0 fully saturated rings. The van der Waals surface area contributed by atoms with E-state index in [0.29, 0.717) is 5.56 Å². The molecule has 2 aromatic carbocycles. The third kappa shape index (κ3) is 4.86. The van der Waals surface area contributed by atoms with Crippen LogP contribution in [0.5, 0.6) is 0 Å². The zero-order valence-corrected chi connectivity index (χ0v) is 14.4. The lowest BCUT2D eigenvalue weighted by Crippen LogP contribution is -2.26. The van der Waals surface area contributed by atoms with Gasteiger partial charge in [-0.2, -0.15) is 13.2 Å². The first-order chi connectivity index (χ1) is 11.1. The first kappa shape index (κ1) is 19.1. The van der Waals surface area contributed by atoms with Crippen molar-refractivity contribution in [1.82, 2.24) is 4.72 Å². The van der Waals surface area contributed by atoms with Gasteiger partial charge < -0.3 is 0 Å². The molecular weight excluding hydrogens is 386 g/mol. The van der Waals surface area contributed by atoms with Crippen LogP contribution in [0.15, 0.2) is 47.4 Å². The lowest BCUT2D eigenvalue weighted by molar-refractivity contribution is -0.137. The number of rotatable bonds is 5. The van der Waals surface area contributed by atoms with Gasteiger partial charge in [-0.1, -0.05) is 41.4 Å². The van der Waals surface area contributed by atoms with Crippen LogP contribution in [-0.2, 0) is 22.6 Å². The molecule has 130 valence electrons. The van der Waals surface area contributed by atoms with Crippen molar-refractivity contribution in [2.75, 3.05) is 6.54 Å². The zero-order chi connectivity index (χ0) is 18.0. The van der Waals surface area contributed by atoms with E-state index in [-0.39, 0.29) is 27.9 Å². The average molecular weight is 398 g/mol. The van der Waals surface area contributed by atoms with E-state index in [4.69, 9.17) is 23.2 Å². The minimum absolute atomic E-state index is 0.00553. The molecule has 0 aromatic heterocycles. The van der Waals surface area contributed by atoms with Crippen LogP contribution >= 0.6 is 23.2 Å². The standard InChI is InChI=1S/C15H12Cl2F3NO2S/c16-12-4-5-13(17)14(9-12)24(22,23)21-7-6-10-2-1-3-11(8-10)15(18,19)20/h1-5,8-9,21H,6-7H2. The van der Waals surface area contributed by atoms with E-state index in [1.165, 1.54) is 30.3 Å². The molecule has 1 N–H and O–H groups in total. The molecule has 0 aliphatic heterocycles. The number of hydrogen-bond acceptors (Lipinski definition) is 2. The minimum Gasteiger partial charge on any atom is -0.211 e. The Balaban J connectivity index is 2.07. The smallest absolute Gasteiger partial charge is 0.211 e. The van der Waals surface area contributed by atoms with E-state index < -0.39 is 21.8 Å². The van der Waals surface area contributed by atoms with Gasteiger partial charge in [0.25, 0.3) is 0 Å². The van der Waals surface area contributed by atoms with Crippen LogP contribution in [0.25, 0.3) is 0 Å². The lowest BCUT2D eigenvalue weighted by atomic mass is 10.1. The number of alkyl halides is 3. The van der Waals surface area contributed by atoms with E-state index in [1.54, 1.807) is 0 Å². The summed E-state index contributed by atoms with van der Waals surface area (Å²) in [6.45, 7) is -0.0769. The summed E-state index contributed by atoms with van der Waals surface area (Å²) < 4.78 is 64.6. The van der Waals surface area contributed by atoms with Gasteiger partial charge in [0.2, 0.25) is 10.0 Å². The summed E-state index contributed by atoms with van der Waals surface area (Å²) in [5.74, 6) is 0. The van der Waals surface area contributed by atoms with Gasteiger partial charge in [-0.3, -0.25) is 0 Å². The highest BCUT2D eigenvalue weighted by Crippen LogP contribution is 2.29. The van der Waals surface area contributed by atoms with Gasteiger partial charge in [-0.25, -0.2) is 13.1 Å². The fourth-order valence-corrected chi connectivity index (χ4v) is 3.79. The topological polar surface area (TPSA) is 46.2 Å². The van der Waals surface area contributed by atoms with E-state index in [0.717, 1.165) is 12.1 Å². The maximum atomic E-state index is 12.6. The van der Waals surface area contributed by atoms with E-state index >= 15 is 0 Å². The highest BCUT2D eigenvalue weighted by molar-refractivity contribution is 7.89. The second-order valence-corrected chi connectivity index (χ2v) is 7.50. The van der Waals surface area contributed by atoms with Gasteiger partial charge in [-0.15, -0.1) is 0 Å². The van der Waals surface area contributed by atoms with Gasteiger partial charge in [0.05, 0.1) is 10.6 Å². The zero-order valence-electron chi connectivity index (χ0n) is 12.1. The fraction of sp³-hybridized carbons (Fsp3) is 0.200. The van der Waals surface area contributed by atoms with Crippen molar-refractivity contribution in [2.45, 2.75) is 17.5 Å². The molecule has 0 saturated carbocycles. The maximum Gasteiger partial charge on any atom is 0.416 e. The Hall–Kier alpha value is -1.28. The molecule has 0 heterocycles. The van der Waals surface area contributed by atoms with Gasteiger partial charge in [0, 0.05) is 11.6 Å².